The van der Waals surface area contributed by atoms with Gasteiger partial charge >= 0.3 is 11.7 Å². The van der Waals surface area contributed by atoms with Gasteiger partial charge in [0, 0.05) is 12.3 Å². The molecule has 2 rings (SSSR count). The molecule has 1 aliphatic rings. The molecule has 1 unspecified atom stereocenters. The largest absolute Gasteiger partial charge is 0.480 e. The summed E-state index contributed by atoms with van der Waals surface area (Å²) >= 11 is 0. The predicted octanol–water partition coefficient (Wildman–Crippen LogP) is -3.68. The summed E-state index contributed by atoms with van der Waals surface area (Å²) in [5.41, 5.74) is -4.01. The number of H-pyrrole nitrogens is 1. The standard InChI is InChI=1S/C13H19N3O8/c1-15(2)9(11(21)22)13(10(20)8(19)6(5-17)24-13)16-4-3-7(18)14-12(16)23/h3-4,6,8-10,17,19-20H,5H2,1-2H3,(H,21,22)(H,14,18,23)/t6-,8-,9?,10-,13-/m1/s1. The Bertz CT molecular complexity index is 728. The number of nitrogens with one attached hydrogen (secondary N) is 1. The van der Waals surface area contributed by atoms with E-state index in [-0.39, 0.29) is 0 Å². The Labute approximate surface area is 135 Å². The number of hydrogen-bond donors (Lipinski definition) is 5. The zero-order valence-corrected chi connectivity index (χ0v) is 13.0. The van der Waals surface area contributed by atoms with Crippen LogP contribution in [0.2, 0.25) is 0 Å². The van der Waals surface area contributed by atoms with Gasteiger partial charge in [-0.2, -0.15) is 0 Å². The van der Waals surface area contributed by atoms with Crippen LogP contribution in [-0.4, -0.2) is 85.9 Å². The minimum Gasteiger partial charge on any atom is -0.480 e. The minimum absolute atomic E-state index is 0.705. The molecule has 134 valence electrons. The number of aromatic nitrogens is 2. The van der Waals surface area contributed by atoms with Crippen LogP contribution >= 0.6 is 0 Å². The molecule has 0 bridgehead atoms. The Morgan fingerprint density at radius 1 is 1.46 bits per heavy atom. The van der Waals surface area contributed by atoms with Gasteiger partial charge in [-0.15, -0.1) is 0 Å². The van der Waals surface area contributed by atoms with Crippen LogP contribution in [0.15, 0.2) is 21.9 Å². The fourth-order valence-electron chi connectivity index (χ4n) is 2.99. The van der Waals surface area contributed by atoms with E-state index in [1.54, 1.807) is 0 Å². The third kappa shape index (κ3) is 2.65. The number of carboxylic acids is 1. The summed E-state index contributed by atoms with van der Waals surface area (Å²) < 4.78 is 6.19. The topological polar surface area (TPSA) is 165 Å². The number of rotatable bonds is 5. The smallest absolute Gasteiger partial charge is 0.330 e. The van der Waals surface area contributed by atoms with Crippen molar-refractivity contribution in [2.24, 2.45) is 0 Å². The van der Waals surface area contributed by atoms with Crippen LogP contribution < -0.4 is 11.2 Å². The highest BCUT2D eigenvalue weighted by Gasteiger charge is 2.63. The minimum atomic E-state index is -2.26. The van der Waals surface area contributed by atoms with Crippen molar-refractivity contribution in [3.05, 3.63) is 33.1 Å². The molecule has 5 atom stereocenters. The molecule has 1 aliphatic heterocycles. The first kappa shape index (κ1) is 18.3. The maximum atomic E-state index is 12.2. The average Bonchev–Trinajstić information content (AvgIpc) is 2.72. The first-order chi connectivity index (χ1) is 11.2. The van der Waals surface area contributed by atoms with Crippen molar-refractivity contribution >= 4 is 5.97 Å². The van der Waals surface area contributed by atoms with E-state index in [1.807, 2.05) is 4.98 Å². The molecule has 0 amide bonds. The molecule has 1 fully saturated rings. The zero-order valence-electron chi connectivity index (χ0n) is 13.0. The predicted molar refractivity (Wildman–Crippen MR) is 78.4 cm³/mol. The van der Waals surface area contributed by atoms with Crippen LogP contribution in [0.5, 0.6) is 0 Å². The van der Waals surface area contributed by atoms with Gasteiger partial charge in [0.1, 0.15) is 18.3 Å². The Balaban J connectivity index is 2.78. The van der Waals surface area contributed by atoms with Crippen molar-refractivity contribution < 1.29 is 30.0 Å². The van der Waals surface area contributed by atoms with Gasteiger partial charge in [-0.3, -0.25) is 24.0 Å². The van der Waals surface area contributed by atoms with Crippen molar-refractivity contribution in [3.8, 4) is 0 Å². The number of aliphatic hydroxyl groups is 3. The second kappa shape index (κ2) is 6.45. The highest BCUT2D eigenvalue weighted by molar-refractivity contribution is 5.75. The van der Waals surface area contributed by atoms with Gasteiger partial charge in [0.25, 0.3) is 5.56 Å². The molecular weight excluding hydrogens is 326 g/mol. The average molecular weight is 345 g/mol. The van der Waals surface area contributed by atoms with E-state index in [0.29, 0.717) is 4.57 Å². The number of likely N-dealkylation sites (N-methyl/N-ethyl adjacent to an activating group) is 1. The molecule has 0 radical (unpaired) electrons. The normalized spacial score (nSPS) is 31.3. The SMILES string of the molecule is CN(C)C(C(=O)O)[C@@]1(n2ccc(=O)[nH]c2=O)O[C@H](CO)[C@@H](O)[C@H]1O. The van der Waals surface area contributed by atoms with Gasteiger partial charge < -0.3 is 25.2 Å². The van der Waals surface area contributed by atoms with E-state index in [2.05, 4.69) is 0 Å². The van der Waals surface area contributed by atoms with Crippen LogP contribution in [0, 0.1) is 0 Å². The highest BCUT2D eigenvalue weighted by atomic mass is 16.6. The number of hydrogen-bond acceptors (Lipinski definition) is 8. The van der Waals surface area contributed by atoms with E-state index in [1.165, 1.54) is 19.0 Å². The Kier molecular flexibility index (Phi) is 4.92. The van der Waals surface area contributed by atoms with Crippen molar-refractivity contribution in [1.82, 2.24) is 14.5 Å². The summed E-state index contributed by atoms with van der Waals surface area (Å²) in [6.45, 7) is -0.710. The van der Waals surface area contributed by atoms with Crippen molar-refractivity contribution in [1.29, 1.82) is 0 Å². The number of nitrogens with zero attached hydrogens (tertiary/aromatic N) is 2. The first-order valence-corrected chi connectivity index (χ1v) is 7.03. The Morgan fingerprint density at radius 2 is 2.08 bits per heavy atom. The van der Waals surface area contributed by atoms with Gasteiger partial charge in [0.15, 0.2) is 6.04 Å². The maximum absolute atomic E-state index is 12.2. The molecule has 0 aromatic carbocycles. The number of carbonyl (C=O) groups is 1. The van der Waals surface area contributed by atoms with Gasteiger partial charge in [-0.05, 0) is 14.1 Å². The number of aliphatic carboxylic acids is 1. The molecule has 1 aromatic heterocycles. The van der Waals surface area contributed by atoms with Crippen LogP contribution in [0.25, 0.3) is 0 Å². The molecule has 0 saturated carbocycles. The number of aliphatic hydroxyl groups excluding tert-OH is 3. The number of ether oxygens (including phenoxy) is 1. The molecule has 24 heavy (non-hydrogen) atoms. The molecular formula is C13H19N3O8. The summed E-state index contributed by atoms with van der Waals surface area (Å²) in [6.07, 6.45) is -3.85. The summed E-state index contributed by atoms with van der Waals surface area (Å²) in [4.78, 5) is 38.4. The van der Waals surface area contributed by atoms with E-state index in [4.69, 9.17) is 4.74 Å². The summed E-state index contributed by atoms with van der Waals surface area (Å²) in [6, 6.07) is -0.658. The molecule has 0 aliphatic carbocycles. The third-order valence-electron chi connectivity index (χ3n) is 3.99. The molecule has 11 nitrogen and oxygen atoms in total. The van der Waals surface area contributed by atoms with Gasteiger partial charge in [0.2, 0.25) is 5.72 Å². The third-order valence-corrected chi connectivity index (χ3v) is 3.99. The molecule has 1 saturated heterocycles. The first-order valence-electron chi connectivity index (χ1n) is 7.03. The summed E-state index contributed by atoms with van der Waals surface area (Å²) in [7, 11) is 2.76. The fraction of sp³-hybridized carbons (Fsp3) is 0.615. The molecule has 1 aromatic rings. The van der Waals surface area contributed by atoms with E-state index in [0.717, 1.165) is 12.3 Å². The quantitative estimate of drug-likeness (QED) is 0.361. The van der Waals surface area contributed by atoms with Crippen LogP contribution in [0.4, 0.5) is 0 Å². The fourth-order valence-corrected chi connectivity index (χ4v) is 2.99. The summed E-state index contributed by atoms with van der Waals surface area (Å²) in [5.74, 6) is -1.44. The van der Waals surface area contributed by atoms with Gasteiger partial charge in [-0.25, -0.2) is 4.79 Å². The molecule has 5 N–H and O–H groups in total. The lowest BCUT2D eigenvalue weighted by atomic mass is 9.93. The van der Waals surface area contributed by atoms with E-state index >= 15 is 0 Å². The van der Waals surface area contributed by atoms with E-state index in [9.17, 15) is 34.8 Å². The van der Waals surface area contributed by atoms with Crippen molar-refractivity contribution in [2.75, 3.05) is 20.7 Å². The maximum Gasteiger partial charge on any atom is 0.330 e. The Hall–Kier alpha value is -2.05. The number of aromatic amines is 1. The molecule has 2 heterocycles. The monoisotopic (exact) mass is 345 g/mol. The van der Waals surface area contributed by atoms with Crippen LogP contribution in [-0.2, 0) is 15.3 Å². The lowest BCUT2D eigenvalue weighted by Gasteiger charge is -2.40. The number of carboxylic acid groups (broad SMARTS) is 1. The van der Waals surface area contributed by atoms with E-state index < -0.39 is 53.9 Å². The lowest BCUT2D eigenvalue weighted by molar-refractivity contribution is -0.200. The Morgan fingerprint density at radius 3 is 2.50 bits per heavy atom. The summed E-state index contributed by atoms with van der Waals surface area (Å²) in [5, 5.41) is 39.5. The van der Waals surface area contributed by atoms with Crippen LogP contribution in [0.3, 0.4) is 0 Å². The second-order valence-electron chi connectivity index (χ2n) is 5.71. The second-order valence-corrected chi connectivity index (χ2v) is 5.71. The molecule has 0 spiro atoms. The highest BCUT2D eigenvalue weighted by Crippen LogP contribution is 2.39. The van der Waals surface area contributed by atoms with Gasteiger partial charge in [0.05, 0.1) is 6.61 Å². The molecule has 11 heteroatoms. The van der Waals surface area contributed by atoms with Crippen molar-refractivity contribution in [2.45, 2.75) is 30.1 Å². The van der Waals surface area contributed by atoms with Crippen molar-refractivity contribution in [3.63, 3.8) is 0 Å². The van der Waals surface area contributed by atoms with Crippen LogP contribution in [0.1, 0.15) is 0 Å². The zero-order chi connectivity index (χ0) is 18.2. The lowest BCUT2D eigenvalue weighted by Crippen LogP contribution is -2.64. The van der Waals surface area contributed by atoms with Gasteiger partial charge in [-0.1, -0.05) is 0 Å².